The van der Waals surface area contributed by atoms with Crippen molar-refractivity contribution in [1.82, 2.24) is 14.4 Å². The Kier molecular flexibility index (Phi) is 5.39. The van der Waals surface area contributed by atoms with Crippen LogP contribution in [0.25, 0.3) is 5.52 Å². The van der Waals surface area contributed by atoms with E-state index in [1.165, 1.54) is 0 Å². The molecule has 0 unspecified atom stereocenters. The number of hydrogen-bond donors (Lipinski definition) is 2. The van der Waals surface area contributed by atoms with Gasteiger partial charge in [-0.3, -0.25) is 4.40 Å². The van der Waals surface area contributed by atoms with Gasteiger partial charge >= 0.3 is 0 Å². The van der Waals surface area contributed by atoms with Crippen molar-refractivity contribution >= 4 is 27.3 Å². The van der Waals surface area contributed by atoms with Gasteiger partial charge in [-0.1, -0.05) is 21.3 Å². The lowest BCUT2D eigenvalue weighted by Gasteiger charge is -2.40. The Morgan fingerprint density at radius 3 is 2.48 bits per heavy atom. The van der Waals surface area contributed by atoms with Crippen LogP contribution in [-0.4, -0.2) is 25.1 Å². The van der Waals surface area contributed by atoms with Crippen LogP contribution in [0.1, 0.15) is 58.5 Å². The average Bonchev–Trinajstić information content (AvgIpc) is 2.65. The minimum atomic E-state index is -0.559. The molecule has 3 rings (SSSR count). The monoisotopic (exact) mass is 356 g/mol. The van der Waals surface area contributed by atoms with E-state index in [2.05, 4.69) is 25.9 Å². The molecule has 21 heavy (non-hydrogen) atoms. The number of anilines is 1. The smallest absolute Gasteiger partial charge is 0.150 e. The molecule has 0 aromatic carbocycles. The quantitative estimate of drug-likeness (QED) is 0.816. The molecule has 1 saturated carbocycles. The standard InChI is InChI=1S/C12H15BrN4O.C2H6.CH4/c1-6-5-17-8(10(14)15-6)9(13)16-11(17)7-3-12(2,18)4-7;1-2;/h5,7,18H,3-4H2,1-2H3,(H2,14,15);1-2H3;1H4. The van der Waals surface area contributed by atoms with Gasteiger partial charge in [-0.25, -0.2) is 9.97 Å². The van der Waals surface area contributed by atoms with Crippen LogP contribution in [0.15, 0.2) is 10.8 Å². The lowest BCUT2D eigenvalue weighted by molar-refractivity contribution is -0.0335. The van der Waals surface area contributed by atoms with E-state index in [0.29, 0.717) is 10.4 Å². The molecule has 5 nitrogen and oxygen atoms in total. The van der Waals surface area contributed by atoms with E-state index in [1.54, 1.807) is 0 Å². The second-order valence-corrected chi connectivity index (χ2v) is 6.10. The summed E-state index contributed by atoms with van der Waals surface area (Å²) in [6.07, 6.45) is 3.41. The van der Waals surface area contributed by atoms with Crippen LogP contribution in [-0.2, 0) is 0 Å². The largest absolute Gasteiger partial charge is 0.390 e. The Balaban J connectivity index is 0.000000706. The summed E-state index contributed by atoms with van der Waals surface area (Å²) in [7, 11) is 0. The fourth-order valence-corrected chi connectivity index (χ4v) is 3.29. The third-order valence-electron chi connectivity index (χ3n) is 3.49. The number of imidazole rings is 1. The zero-order chi connectivity index (χ0) is 15.1. The summed E-state index contributed by atoms with van der Waals surface area (Å²) in [5, 5.41) is 9.85. The molecule has 0 spiro atoms. The average molecular weight is 357 g/mol. The molecule has 1 aliphatic carbocycles. The van der Waals surface area contributed by atoms with E-state index in [-0.39, 0.29) is 13.3 Å². The van der Waals surface area contributed by atoms with Crippen LogP contribution in [0.4, 0.5) is 5.82 Å². The zero-order valence-corrected chi connectivity index (χ0v) is 13.9. The van der Waals surface area contributed by atoms with Crippen molar-refractivity contribution in [3.63, 3.8) is 0 Å². The Hall–Kier alpha value is -1.14. The van der Waals surface area contributed by atoms with E-state index in [0.717, 1.165) is 29.9 Å². The van der Waals surface area contributed by atoms with Crippen molar-refractivity contribution in [2.24, 2.45) is 0 Å². The summed E-state index contributed by atoms with van der Waals surface area (Å²) < 4.78 is 2.70. The Morgan fingerprint density at radius 2 is 1.95 bits per heavy atom. The van der Waals surface area contributed by atoms with Gasteiger partial charge in [0.2, 0.25) is 0 Å². The first-order valence-corrected chi connectivity index (χ1v) is 7.70. The number of aromatic nitrogens is 3. The molecule has 2 aromatic heterocycles. The third kappa shape index (κ3) is 3.21. The minimum Gasteiger partial charge on any atom is -0.390 e. The van der Waals surface area contributed by atoms with E-state index < -0.39 is 5.60 Å². The summed E-state index contributed by atoms with van der Waals surface area (Å²) in [5.41, 5.74) is 7.04. The first kappa shape index (κ1) is 17.9. The summed E-state index contributed by atoms with van der Waals surface area (Å²) >= 11 is 3.43. The molecule has 0 amide bonds. The fourth-order valence-electron chi connectivity index (χ4n) is 2.71. The van der Waals surface area contributed by atoms with Gasteiger partial charge in [0, 0.05) is 12.1 Å². The number of nitrogens with zero attached hydrogens (tertiary/aromatic N) is 3. The fraction of sp³-hybridized carbons (Fsp3) is 0.600. The highest BCUT2D eigenvalue weighted by atomic mass is 79.9. The van der Waals surface area contributed by atoms with Crippen molar-refractivity contribution in [3.05, 3.63) is 22.3 Å². The highest BCUT2D eigenvalue weighted by Crippen LogP contribution is 2.44. The number of rotatable bonds is 1. The number of nitrogens with two attached hydrogens (primary N) is 1. The second kappa shape index (κ2) is 6.32. The van der Waals surface area contributed by atoms with Crippen LogP contribution in [0.2, 0.25) is 0 Å². The maximum absolute atomic E-state index is 9.85. The van der Waals surface area contributed by atoms with Gasteiger partial charge < -0.3 is 10.8 Å². The van der Waals surface area contributed by atoms with Crippen LogP contribution in [0.3, 0.4) is 0 Å². The molecule has 1 fully saturated rings. The van der Waals surface area contributed by atoms with Crippen molar-refractivity contribution < 1.29 is 5.11 Å². The first-order valence-electron chi connectivity index (χ1n) is 6.90. The Morgan fingerprint density at radius 1 is 1.38 bits per heavy atom. The molecular weight excluding hydrogens is 332 g/mol. The topological polar surface area (TPSA) is 76.4 Å². The van der Waals surface area contributed by atoms with Crippen molar-refractivity contribution in [2.45, 2.75) is 59.5 Å². The van der Waals surface area contributed by atoms with Gasteiger partial charge in [0.05, 0.1) is 11.3 Å². The molecule has 0 atom stereocenters. The van der Waals surface area contributed by atoms with Crippen LogP contribution < -0.4 is 5.73 Å². The Bertz CT molecular complexity index is 628. The van der Waals surface area contributed by atoms with Gasteiger partial charge in [0.25, 0.3) is 0 Å². The predicted molar refractivity (Wildman–Crippen MR) is 90.5 cm³/mol. The number of halogens is 1. The lowest BCUT2D eigenvalue weighted by Crippen LogP contribution is -2.40. The summed E-state index contributed by atoms with van der Waals surface area (Å²) in [5.74, 6) is 1.70. The third-order valence-corrected chi connectivity index (χ3v) is 4.04. The summed E-state index contributed by atoms with van der Waals surface area (Å²) in [6, 6.07) is 0. The summed E-state index contributed by atoms with van der Waals surface area (Å²) in [4.78, 5) is 8.77. The second-order valence-electron chi connectivity index (χ2n) is 5.35. The molecule has 6 heteroatoms. The van der Waals surface area contributed by atoms with E-state index in [1.807, 2.05) is 38.3 Å². The van der Waals surface area contributed by atoms with Crippen LogP contribution in [0, 0.1) is 6.92 Å². The van der Waals surface area contributed by atoms with Crippen molar-refractivity contribution in [1.29, 1.82) is 0 Å². The molecule has 2 aromatic rings. The molecule has 1 aliphatic rings. The van der Waals surface area contributed by atoms with Gasteiger partial charge in [-0.15, -0.1) is 0 Å². The number of aryl methyl sites for hydroxylation is 1. The molecule has 0 aliphatic heterocycles. The minimum absolute atomic E-state index is 0. The number of fused-ring (bicyclic) bond motifs is 1. The SMILES string of the molecule is C.CC.Cc1cn2c(C3CC(C)(O)C3)nc(Br)c2c(N)n1. The van der Waals surface area contributed by atoms with Crippen LogP contribution in [0.5, 0.6) is 0 Å². The molecule has 0 radical (unpaired) electrons. The van der Waals surface area contributed by atoms with E-state index in [9.17, 15) is 5.11 Å². The highest BCUT2D eigenvalue weighted by Gasteiger charge is 2.41. The van der Waals surface area contributed by atoms with Crippen molar-refractivity contribution in [3.8, 4) is 0 Å². The zero-order valence-electron chi connectivity index (χ0n) is 12.3. The molecule has 118 valence electrons. The maximum Gasteiger partial charge on any atom is 0.150 e. The van der Waals surface area contributed by atoms with Crippen LogP contribution >= 0.6 is 15.9 Å². The lowest BCUT2D eigenvalue weighted by atomic mass is 9.72. The van der Waals surface area contributed by atoms with E-state index >= 15 is 0 Å². The highest BCUT2D eigenvalue weighted by molar-refractivity contribution is 9.10. The predicted octanol–water partition coefficient (Wildman–Crippen LogP) is 3.67. The molecule has 0 bridgehead atoms. The van der Waals surface area contributed by atoms with E-state index in [4.69, 9.17) is 5.73 Å². The maximum atomic E-state index is 9.85. The number of aliphatic hydroxyl groups is 1. The number of nitrogen functional groups attached to an aromatic ring is 1. The normalized spacial score (nSPS) is 23.8. The van der Waals surface area contributed by atoms with Gasteiger partial charge in [0.15, 0.2) is 5.82 Å². The molecule has 3 N–H and O–H groups in total. The molecular formula is C15H25BrN4O. The number of hydrogen-bond acceptors (Lipinski definition) is 4. The van der Waals surface area contributed by atoms with Crippen molar-refractivity contribution in [2.75, 3.05) is 5.73 Å². The molecule has 0 saturated heterocycles. The Labute approximate surface area is 134 Å². The van der Waals surface area contributed by atoms with Gasteiger partial charge in [-0.05, 0) is 42.6 Å². The van der Waals surface area contributed by atoms with Gasteiger partial charge in [-0.2, -0.15) is 0 Å². The van der Waals surface area contributed by atoms with Gasteiger partial charge in [0.1, 0.15) is 15.9 Å². The summed E-state index contributed by atoms with van der Waals surface area (Å²) in [6.45, 7) is 7.76. The first-order chi connectivity index (χ1) is 9.37. The molecule has 2 heterocycles.